The molecule has 0 heterocycles. The predicted molar refractivity (Wildman–Crippen MR) is 77.8 cm³/mol. The summed E-state index contributed by atoms with van der Waals surface area (Å²) in [5.41, 5.74) is 0.0744. The Morgan fingerprint density at radius 3 is 2.50 bits per heavy atom. The van der Waals surface area contributed by atoms with E-state index in [-0.39, 0.29) is 17.3 Å². The van der Waals surface area contributed by atoms with Crippen LogP contribution in [0.5, 0.6) is 0 Å². The summed E-state index contributed by atoms with van der Waals surface area (Å²) in [6.07, 6.45) is 8.65. The van der Waals surface area contributed by atoms with E-state index in [2.05, 4.69) is 32.9 Å². The lowest BCUT2D eigenvalue weighted by molar-refractivity contribution is -0.154. The second kappa shape index (κ2) is 4.11. The molecule has 0 aromatic rings. The zero-order valence-corrected chi connectivity index (χ0v) is 12.8. The minimum absolute atomic E-state index is 0.0744. The molecular formula is C18H26O2. The maximum absolute atomic E-state index is 12.4. The average molecular weight is 274 g/mol. The summed E-state index contributed by atoms with van der Waals surface area (Å²) in [6.45, 7) is 6.92. The van der Waals surface area contributed by atoms with Crippen LogP contribution in [-0.4, -0.2) is 12.6 Å². The molecule has 7 unspecified atom stereocenters. The Hall–Kier alpha value is -0.790. The molecule has 7 atom stereocenters. The highest BCUT2D eigenvalue weighted by molar-refractivity contribution is 5.73. The summed E-state index contributed by atoms with van der Waals surface area (Å²) in [7, 11) is 0. The zero-order valence-electron chi connectivity index (χ0n) is 12.8. The van der Waals surface area contributed by atoms with Crippen LogP contribution in [0.25, 0.3) is 0 Å². The third-order valence-electron chi connectivity index (χ3n) is 6.22. The standard InChI is InChI=1S/C18H26O2/c1-18(2,3)9-20-17(19)14-8-12-7-13(14)16-11-5-4-10(6-11)15(12)16/h4-5,10-16H,6-9H2,1-3H3. The molecule has 3 saturated carbocycles. The molecule has 0 radical (unpaired) electrons. The van der Waals surface area contributed by atoms with Crippen LogP contribution in [0.4, 0.5) is 0 Å². The van der Waals surface area contributed by atoms with E-state index >= 15 is 0 Å². The van der Waals surface area contributed by atoms with Crippen LogP contribution in [0.1, 0.15) is 40.0 Å². The number of ether oxygens (including phenoxy) is 1. The van der Waals surface area contributed by atoms with Crippen molar-refractivity contribution >= 4 is 5.97 Å². The molecule has 4 aliphatic rings. The molecule has 2 nitrogen and oxygen atoms in total. The molecule has 0 amide bonds. The molecule has 4 aliphatic carbocycles. The third kappa shape index (κ3) is 1.79. The van der Waals surface area contributed by atoms with Crippen molar-refractivity contribution in [1.29, 1.82) is 0 Å². The monoisotopic (exact) mass is 274 g/mol. The molecule has 0 aromatic carbocycles. The highest BCUT2D eigenvalue weighted by Crippen LogP contribution is 2.67. The van der Waals surface area contributed by atoms with Gasteiger partial charge >= 0.3 is 5.97 Å². The fourth-order valence-corrected chi connectivity index (χ4v) is 5.68. The summed E-state index contributed by atoms with van der Waals surface area (Å²) >= 11 is 0. The van der Waals surface area contributed by atoms with Crippen molar-refractivity contribution in [3.63, 3.8) is 0 Å². The Morgan fingerprint density at radius 1 is 1.10 bits per heavy atom. The summed E-state index contributed by atoms with van der Waals surface area (Å²) < 4.78 is 5.61. The third-order valence-corrected chi connectivity index (χ3v) is 6.22. The number of allylic oxidation sites excluding steroid dienone is 2. The second-order valence-corrected chi connectivity index (χ2v) is 8.77. The van der Waals surface area contributed by atoms with E-state index < -0.39 is 0 Å². The van der Waals surface area contributed by atoms with Gasteiger partial charge in [0.25, 0.3) is 0 Å². The predicted octanol–water partition coefficient (Wildman–Crippen LogP) is 3.67. The van der Waals surface area contributed by atoms with Gasteiger partial charge in [-0.1, -0.05) is 32.9 Å². The van der Waals surface area contributed by atoms with E-state index in [0.717, 1.165) is 36.0 Å². The van der Waals surface area contributed by atoms with E-state index in [0.29, 0.717) is 12.5 Å². The van der Waals surface area contributed by atoms with Crippen LogP contribution in [0.3, 0.4) is 0 Å². The average Bonchev–Trinajstić information content (AvgIpc) is 3.10. The van der Waals surface area contributed by atoms with Crippen molar-refractivity contribution in [1.82, 2.24) is 0 Å². The van der Waals surface area contributed by atoms with E-state index in [1.807, 2.05) is 0 Å². The number of esters is 1. The van der Waals surface area contributed by atoms with Crippen LogP contribution in [0.15, 0.2) is 12.2 Å². The number of hydrogen-bond acceptors (Lipinski definition) is 2. The molecule has 2 heteroatoms. The maximum atomic E-state index is 12.4. The Bertz CT molecular complexity index is 459. The molecule has 0 spiro atoms. The van der Waals surface area contributed by atoms with Gasteiger partial charge in [0.2, 0.25) is 0 Å². The van der Waals surface area contributed by atoms with Crippen molar-refractivity contribution in [2.24, 2.45) is 46.8 Å². The quantitative estimate of drug-likeness (QED) is 0.436. The van der Waals surface area contributed by atoms with Crippen molar-refractivity contribution in [2.75, 3.05) is 6.61 Å². The number of carbonyl (C=O) groups excluding carboxylic acids is 1. The maximum Gasteiger partial charge on any atom is 0.309 e. The van der Waals surface area contributed by atoms with Gasteiger partial charge in [-0.05, 0) is 60.2 Å². The van der Waals surface area contributed by atoms with Crippen molar-refractivity contribution in [3.05, 3.63) is 12.2 Å². The van der Waals surface area contributed by atoms with Gasteiger partial charge in [0.05, 0.1) is 12.5 Å². The fourth-order valence-electron chi connectivity index (χ4n) is 5.68. The molecule has 4 bridgehead atoms. The van der Waals surface area contributed by atoms with Crippen molar-refractivity contribution in [3.8, 4) is 0 Å². The lowest BCUT2D eigenvalue weighted by Crippen LogP contribution is -2.36. The molecule has 20 heavy (non-hydrogen) atoms. The highest BCUT2D eigenvalue weighted by Gasteiger charge is 2.62. The largest absolute Gasteiger partial charge is 0.465 e. The summed E-state index contributed by atoms with van der Waals surface area (Å²) in [6, 6.07) is 0. The molecule has 3 fully saturated rings. The minimum atomic E-state index is 0.0744. The van der Waals surface area contributed by atoms with Gasteiger partial charge in [0.15, 0.2) is 0 Å². The van der Waals surface area contributed by atoms with Gasteiger partial charge in [-0.2, -0.15) is 0 Å². The first kappa shape index (κ1) is 12.9. The summed E-state index contributed by atoms with van der Waals surface area (Å²) in [5.74, 6) is 5.05. The van der Waals surface area contributed by atoms with Crippen molar-refractivity contribution in [2.45, 2.75) is 40.0 Å². The van der Waals surface area contributed by atoms with Gasteiger partial charge in [-0.15, -0.1) is 0 Å². The number of fused-ring (bicyclic) bond motifs is 9. The Morgan fingerprint density at radius 2 is 1.80 bits per heavy atom. The smallest absolute Gasteiger partial charge is 0.309 e. The Labute approximate surface area is 122 Å². The lowest BCUT2D eigenvalue weighted by Gasteiger charge is -2.36. The first-order chi connectivity index (χ1) is 9.44. The summed E-state index contributed by atoms with van der Waals surface area (Å²) in [5, 5.41) is 0. The fraction of sp³-hybridized carbons (Fsp3) is 0.833. The molecular weight excluding hydrogens is 248 g/mol. The zero-order chi connectivity index (χ0) is 14.1. The van der Waals surface area contributed by atoms with Crippen LogP contribution in [0.2, 0.25) is 0 Å². The first-order valence-electron chi connectivity index (χ1n) is 8.29. The minimum Gasteiger partial charge on any atom is -0.465 e. The molecule has 0 aromatic heterocycles. The number of rotatable bonds is 2. The van der Waals surface area contributed by atoms with E-state index in [4.69, 9.17) is 4.74 Å². The molecule has 4 rings (SSSR count). The van der Waals surface area contributed by atoms with Gasteiger partial charge < -0.3 is 4.74 Å². The SMILES string of the molecule is CC(C)(C)COC(=O)C1CC2CC1C1C3C=CC(C3)C21. The molecule has 0 saturated heterocycles. The van der Waals surface area contributed by atoms with E-state index in [9.17, 15) is 4.79 Å². The van der Waals surface area contributed by atoms with Crippen LogP contribution < -0.4 is 0 Å². The molecule has 0 N–H and O–H groups in total. The van der Waals surface area contributed by atoms with Gasteiger partial charge in [-0.3, -0.25) is 4.79 Å². The number of hydrogen-bond donors (Lipinski definition) is 0. The summed E-state index contributed by atoms with van der Waals surface area (Å²) in [4.78, 5) is 12.4. The normalized spacial score (nSPS) is 47.9. The Kier molecular flexibility index (Phi) is 2.66. The van der Waals surface area contributed by atoms with Crippen molar-refractivity contribution < 1.29 is 9.53 Å². The highest BCUT2D eigenvalue weighted by atomic mass is 16.5. The van der Waals surface area contributed by atoms with Gasteiger partial charge in [0.1, 0.15) is 0 Å². The van der Waals surface area contributed by atoms with Crippen LogP contribution in [-0.2, 0) is 9.53 Å². The topological polar surface area (TPSA) is 26.3 Å². The lowest BCUT2D eigenvalue weighted by atomic mass is 9.69. The van der Waals surface area contributed by atoms with Gasteiger partial charge in [0, 0.05) is 0 Å². The Balaban J connectivity index is 1.45. The van der Waals surface area contributed by atoms with Gasteiger partial charge in [-0.25, -0.2) is 0 Å². The van der Waals surface area contributed by atoms with E-state index in [1.165, 1.54) is 12.8 Å². The number of carbonyl (C=O) groups is 1. The molecule has 0 aliphatic heterocycles. The van der Waals surface area contributed by atoms with E-state index in [1.54, 1.807) is 0 Å². The van der Waals surface area contributed by atoms with Crippen LogP contribution >= 0.6 is 0 Å². The second-order valence-electron chi connectivity index (χ2n) is 8.77. The first-order valence-corrected chi connectivity index (χ1v) is 8.29. The van der Waals surface area contributed by atoms with Crippen LogP contribution in [0, 0.1) is 46.8 Å². The molecule has 110 valence electrons.